The normalized spacial score (nSPS) is 11.8. The van der Waals surface area contributed by atoms with Crippen LogP contribution in [0.1, 0.15) is 39.0 Å². The van der Waals surface area contributed by atoms with Crippen molar-refractivity contribution in [2.45, 2.75) is 44.7 Å². The quantitative estimate of drug-likeness (QED) is 0.515. The van der Waals surface area contributed by atoms with Crippen molar-refractivity contribution >= 4 is 39.7 Å². The van der Waals surface area contributed by atoms with Crippen molar-refractivity contribution in [2.24, 2.45) is 5.41 Å². The Hall–Kier alpha value is -0.670. The van der Waals surface area contributed by atoms with Crippen molar-refractivity contribution in [3.8, 4) is 0 Å². The molecule has 0 aliphatic heterocycles. The molecule has 9 heteroatoms. The third-order valence-electron chi connectivity index (χ3n) is 3.26. The number of halogens is 1. The molecule has 1 heterocycles. The SMILES string of the molecule is CCCNCCNS(=O)(=O)c1ccc(CCNC(=O)C(C)(C)C)s1.Cl. The summed E-state index contributed by atoms with van der Waals surface area (Å²) in [7, 11) is -3.45. The monoisotopic (exact) mass is 411 g/mol. The van der Waals surface area contributed by atoms with Crippen LogP contribution in [0.2, 0.25) is 0 Å². The molecule has 0 atom stereocenters. The average Bonchev–Trinajstić information content (AvgIpc) is 2.95. The van der Waals surface area contributed by atoms with E-state index >= 15 is 0 Å². The predicted octanol–water partition coefficient (Wildman–Crippen LogP) is 2.15. The molecular formula is C16H30ClN3O3S2. The number of nitrogens with one attached hydrogen (secondary N) is 3. The third-order valence-corrected chi connectivity index (χ3v) is 6.36. The molecule has 146 valence electrons. The lowest BCUT2D eigenvalue weighted by atomic mass is 9.96. The van der Waals surface area contributed by atoms with Crippen LogP contribution in [0.3, 0.4) is 0 Å². The Balaban J connectivity index is 0.00000576. The Morgan fingerprint density at radius 3 is 2.40 bits per heavy atom. The molecule has 1 amide bonds. The first kappa shape index (κ1) is 24.3. The molecule has 3 N–H and O–H groups in total. The minimum absolute atomic E-state index is 0. The zero-order chi connectivity index (χ0) is 18.2. The van der Waals surface area contributed by atoms with Crippen molar-refractivity contribution < 1.29 is 13.2 Å². The maximum atomic E-state index is 12.2. The molecule has 0 radical (unpaired) electrons. The van der Waals surface area contributed by atoms with Gasteiger partial charge < -0.3 is 10.6 Å². The van der Waals surface area contributed by atoms with E-state index in [-0.39, 0.29) is 18.3 Å². The zero-order valence-electron chi connectivity index (χ0n) is 15.3. The van der Waals surface area contributed by atoms with Crippen LogP contribution in [-0.4, -0.2) is 40.5 Å². The van der Waals surface area contributed by atoms with E-state index in [0.29, 0.717) is 30.3 Å². The molecular weight excluding hydrogens is 382 g/mol. The Kier molecular flexibility index (Phi) is 10.8. The fourth-order valence-corrected chi connectivity index (χ4v) is 4.28. The number of carbonyl (C=O) groups excluding carboxylic acids is 1. The fraction of sp³-hybridized carbons (Fsp3) is 0.688. The second-order valence-corrected chi connectivity index (χ2v) is 9.79. The van der Waals surface area contributed by atoms with Crippen molar-refractivity contribution in [3.05, 3.63) is 17.0 Å². The lowest BCUT2D eigenvalue weighted by Crippen LogP contribution is -2.35. The highest BCUT2D eigenvalue weighted by Gasteiger charge is 2.20. The highest BCUT2D eigenvalue weighted by molar-refractivity contribution is 7.91. The van der Waals surface area contributed by atoms with E-state index in [2.05, 4.69) is 22.3 Å². The van der Waals surface area contributed by atoms with Gasteiger partial charge in [-0.2, -0.15) is 0 Å². The van der Waals surface area contributed by atoms with Crippen molar-refractivity contribution in [3.63, 3.8) is 0 Å². The number of amides is 1. The molecule has 0 saturated heterocycles. The topological polar surface area (TPSA) is 87.3 Å². The fourth-order valence-electron chi connectivity index (χ4n) is 1.85. The molecule has 0 aliphatic carbocycles. The van der Waals surface area contributed by atoms with Gasteiger partial charge in [0.1, 0.15) is 4.21 Å². The summed E-state index contributed by atoms with van der Waals surface area (Å²) in [5, 5.41) is 6.02. The van der Waals surface area contributed by atoms with E-state index in [0.717, 1.165) is 17.8 Å². The summed E-state index contributed by atoms with van der Waals surface area (Å²) in [6.45, 7) is 10.0. The third kappa shape index (κ3) is 9.01. The van der Waals surface area contributed by atoms with E-state index < -0.39 is 15.4 Å². The minimum Gasteiger partial charge on any atom is -0.355 e. The van der Waals surface area contributed by atoms with Crippen LogP contribution in [0.4, 0.5) is 0 Å². The molecule has 0 fully saturated rings. The van der Waals surface area contributed by atoms with Gasteiger partial charge in [0.05, 0.1) is 0 Å². The summed E-state index contributed by atoms with van der Waals surface area (Å²) >= 11 is 1.25. The lowest BCUT2D eigenvalue weighted by Gasteiger charge is -2.17. The molecule has 6 nitrogen and oxygen atoms in total. The number of carbonyl (C=O) groups is 1. The largest absolute Gasteiger partial charge is 0.355 e. The standard InChI is InChI=1S/C16H29N3O3S2.ClH/c1-5-9-17-11-12-19-24(21,22)14-7-6-13(23-14)8-10-18-15(20)16(2,3)4;/h6-7,17,19H,5,8-12H2,1-4H3,(H,18,20);1H. The first-order valence-electron chi connectivity index (χ1n) is 8.24. The summed E-state index contributed by atoms with van der Waals surface area (Å²) in [6, 6.07) is 3.42. The number of hydrogen-bond donors (Lipinski definition) is 3. The Morgan fingerprint density at radius 1 is 1.12 bits per heavy atom. The summed E-state index contributed by atoms with van der Waals surface area (Å²) < 4.78 is 27.3. The predicted molar refractivity (Wildman–Crippen MR) is 106 cm³/mol. The Bertz CT molecular complexity index is 625. The highest BCUT2D eigenvalue weighted by atomic mass is 35.5. The maximum Gasteiger partial charge on any atom is 0.250 e. The van der Waals surface area contributed by atoms with Crippen LogP contribution in [0.15, 0.2) is 16.3 Å². The van der Waals surface area contributed by atoms with Gasteiger partial charge in [-0.05, 0) is 31.5 Å². The van der Waals surface area contributed by atoms with Crippen LogP contribution >= 0.6 is 23.7 Å². The van der Waals surface area contributed by atoms with E-state index in [1.165, 1.54) is 11.3 Å². The minimum atomic E-state index is -3.45. The number of hydrogen-bond acceptors (Lipinski definition) is 5. The summed E-state index contributed by atoms with van der Waals surface area (Å²) in [5.74, 6) is -0.00635. The number of sulfonamides is 1. The van der Waals surface area contributed by atoms with Gasteiger partial charge in [0.15, 0.2) is 0 Å². The zero-order valence-corrected chi connectivity index (χ0v) is 17.8. The average molecular weight is 412 g/mol. The van der Waals surface area contributed by atoms with Crippen LogP contribution < -0.4 is 15.4 Å². The molecule has 0 unspecified atom stereocenters. The molecule has 0 spiro atoms. The number of thiophene rings is 1. The molecule has 25 heavy (non-hydrogen) atoms. The molecule has 0 bridgehead atoms. The van der Waals surface area contributed by atoms with E-state index in [1.807, 2.05) is 20.8 Å². The van der Waals surface area contributed by atoms with Crippen molar-refractivity contribution in [1.82, 2.24) is 15.4 Å². The van der Waals surface area contributed by atoms with Gasteiger partial charge >= 0.3 is 0 Å². The first-order valence-corrected chi connectivity index (χ1v) is 10.5. The van der Waals surface area contributed by atoms with Crippen molar-refractivity contribution in [2.75, 3.05) is 26.2 Å². The second-order valence-electron chi connectivity index (χ2n) is 6.62. The molecule has 1 aromatic rings. The Labute approximate surface area is 161 Å². The van der Waals surface area contributed by atoms with E-state index in [4.69, 9.17) is 0 Å². The first-order chi connectivity index (χ1) is 11.2. The van der Waals surface area contributed by atoms with Gasteiger partial charge in [0, 0.05) is 29.9 Å². The van der Waals surface area contributed by atoms with Gasteiger partial charge in [-0.25, -0.2) is 13.1 Å². The molecule has 0 saturated carbocycles. The van der Waals surface area contributed by atoms with Gasteiger partial charge in [-0.1, -0.05) is 27.7 Å². The van der Waals surface area contributed by atoms with Gasteiger partial charge in [0.2, 0.25) is 15.9 Å². The van der Waals surface area contributed by atoms with Crippen LogP contribution in [0, 0.1) is 5.41 Å². The lowest BCUT2D eigenvalue weighted by molar-refractivity contribution is -0.128. The second kappa shape index (κ2) is 11.1. The summed E-state index contributed by atoms with van der Waals surface area (Å²) in [5.41, 5.74) is -0.417. The van der Waals surface area contributed by atoms with Crippen LogP contribution in [0.5, 0.6) is 0 Å². The van der Waals surface area contributed by atoms with Gasteiger partial charge in [-0.3, -0.25) is 4.79 Å². The van der Waals surface area contributed by atoms with Crippen LogP contribution in [-0.2, 0) is 21.2 Å². The van der Waals surface area contributed by atoms with Crippen LogP contribution in [0.25, 0.3) is 0 Å². The van der Waals surface area contributed by atoms with E-state index in [9.17, 15) is 13.2 Å². The summed E-state index contributed by atoms with van der Waals surface area (Å²) in [4.78, 5) is 12.7. The molecule has 1 aromatic heterocycles. The molecule has 0 aliphatic rings. The smallest absolute Gasteiger partial charge is 0.250 e. The molecule has 1 rings (SSSR count). The van der Waals surface area contributed by atoms with Crippen molar-refractivity contribution in [1.29, 1.82) is 0 Å². The van der Waals surface area contributed by atoms with Gasteiger partial charge in [0.25, 0.3) is 0 Å². The molecule has 0 aromatic carbocycles. The van der Waals surface area contributed by atoms with Gasteiger partial charge in [-0.15, -0.1) is 23.7 Å². The summed E-state index contributed by atoms with van der Waals surface area (Å²) in [6.07, 6.45) is 1.65. The highest BCUT2D eigenvalue weighted by Crippen LogP contribution is 2.21. The van der Waals surface area contributed by atoms with E-state index in [1.54, 1.807) is 12.1 Å². The Morgan fingerprint density at radius 2 is 1.80 bits per heavy atom. The number of rotatable bonds is 10. The maximum absolute atomic E-state index is 12.2.